The first kappa shape index (κ1) is 19.1. The molecule has 0 saturated carbocycles. The number of hydrogen-bond donors (Lipinski definition) is 0. The summed E-state index contributed by atoms with van der Waals surface area (Å²) in [5.41, 5.74) is 0. The van der Waals surface area contributed by atoms with Crippen molar-refractivity contribution in [2.45, 2.75) is 43.8 Å². The summed E-state index contributed by atoms with van der Waals surface area (Å²) < 4.78 is 11.3. The first-order valence-corrected chi connectivity index (χ1v) is 11.5. The van der Waals surface area contributed by atoms with Crippen LogP contribution in [-0.2, 0) is 5.68 Å². The van der Waals surface area contributed by atoms with E-state index < -0.39 is 43.8 Å². The Balaban J connectivity index is -0.000000405. The second-order valence-corrected chi connectivity index (χ2v) is 10.4. The molecule has 0 amide bonds. The predicted octanol–water partition coefficient (Wildman–Crippen LogP) is 2.91. The SMILES string of the molecule is C.C.[CH3][Al]([CH3])[O][Al]([CH3])[O][Al]([CH3])[CH3]. The van der Waals surface area contributed by atoms with E-state index in [9.17, 15) is 0 Å². The normalized spacial score (nSPS) is 7.75. The molecule has 12 heavy (non-hydrogen) atoms. The second-order valence-electron chi connectivity index (χ2n) is 2.94. The minimum absolute atomic E-state index is 0. The Labute approximate surface area is 92.8 Å². The number of rotatable bonds is 4. The molecular weight excluding hydrogens is 197 g/mol. The van der Waals surface area contributed by atoms with Gasteiger partial charge >= 0.3 is 43.8 Å². The van der Waals surface area contributed by atoms with Gasteiger partial charge in [0.05, 0.1) is 0 Å². The molecule has 0 aromatic rings. The molecule has 2 nitrogen and oxygen atoms in total. The van der Waals surface area contributed by atoms with Gasteiger partial charge in [0, 0.05) is 0 Å². The highest BCUT2D eigenvalue weighted by atomic mass is 27.3. The molecule has 72 valence electrons. The molecule has 0 rings (SSSR count). The van der Waals surface area contributed by atoms with Crippen molar-refractivity contribution in [1.29, 1.82) is 0 Å². The minimum atomic E-state index is -1.19. The fourth-order valence-corrected chi connectivity index (χ4v) is 7.77. The van der Waals surface area contributed by atoms with E-state index >= 15 is 0 Å². The lowest BCUT2D eigenvalue weighted by atomic mass is 11.9. The zero-order valence-corrected chi connectivity index (χ0v) is 11.0. The zero-order chi connectivity index (χ0) is 8.15. The van der Waals surface area contributed by atoms with E-state index in [1.807, 2.05) is 0 Å². The molecule has 0 saturated heterocycles. The van der Waals surface area contributed by atoms with Gasteiger partial charge in [-0.25, -0.2) is 0 Å². The summed E-state index contributed by atoms with van der Waals surface area (Å²) in [7, 11) is 0. The fourth-order valence-electron chi connectivity index (χ4n) is 0.799. The van der Waals surface area contributed by atoms with E-state index in [-0.39, 0.29) is 14.9 Å². The molecule has 0 unspecified atom stereocenters. The molecule has 5 heteroatoms. The molecule has 0 fully saturated rings. The maximum atomic E-state index is 5.65. The largest absolute Gasteiger partial charge is 0.616 e. The van der Waals surface area contributed by atoms with Gasteiger partial charge in [-0.1, -0.05) is 43.8 Å². The molecule has 0 atom stereocenters. The molecular formula is C7H23Al3O2. The fraction of sp³-hybridized carbons (Fsp3) is 1.00. The molecule has 0 bridgehead atoms. The highest BCUT2D eigenvalue weighted by molar-refractivity contribution is 6.66. The van der Waals surface area contributed by atoms with Crippen LogP contribution in [0.15, 0.2) is 0 Å². The van der Waals surface area contributed by atoms with E-state index in [0.29, 0.717) is 0 Å². The summed E-state index contributed by atoms with van der Waals surface area (Å²) in [5, 5.41) is 0. The van der Waals surface area contributed by atoms with E-state index in [1.165, 1.54) is 0 Å². The van der Waals surface area contributed by atoms with E-state index in [0.717, 1.165) is 0 Å². The smallest absolute Gasteiger partial charge is 0.609 e. The minimum Gasteiger partial charge on any atom is -0.616 e. The first-order valence-electron chi connectivity index (χ1n) is 3.83. The Morgan fingerprint density at radius 2 is 0.917 bits per heavy atom. The molecule has 0 spiro atoms. The molecule has 0 aromatic carbocycles. The molecule has 0 aliphatic carbocycles. The van der Waals surface area contributed by atoms with Crippen LogP contribution >= 0.6 is 0 Å². The van der Waals surface area contributed by atoms with Gasteiger partial charge in [-0.3, -0.25) is 0 Å². The van der Waals surface area contributed by atoms with Crippen molar-refractivity contribution in [1.82, 2.24) is 0 Å². The summed E-state index contributed by atoms with van der Waals surface area (Å²) in [4.78, 5) is 0. The Bertz CT molecular complexity index is 78.7. The van der Waals surface area contributed by atoms with Crippen molar-refractivity contribution in [3.8, 4) is 0 Å². The third-order valence-electron chi connectivity index (χ3n) is 0.928. The van der Waals surface area contributed by atoms with Gasteiger partial charge in [0.25, 0.3) is 0 Å². The highest BCUT2D eigenvalue weighted by Crippen LogP contribution is 1.95. The monoisotopic (exact) mass is 220 g/mol. The van der Waals surface area contributed by atoms with E-state index in [4.69, 9.17) is 5.68 Å². The summed E-state index contributed by atoms with van der Waals surface area (Å²) >= 11 is -2.85. The molecule has 0 N–H and O–H groups in total. The van der Waals surface area contributed by atoms with Gasteiger partial charge in [-0.15, -0.1) is 0 Å². The average Bonchev–Trinajstić information content (AvgIpc) is 1.58. The Morgan fingerprint density at radius 3 is 1.08 bits per heavy atom. The molecule has 0 aliphatic rings. The van der Waals surface area contributed by atoms with Gasteiger partial charge in [0.1, 0.15) is 0 Å². The quantitative estimate of drug-likeness (QED) is 0.678. The van der Waals surface area contributed by atoms with Gasteiger partial charge in [0.15, 0.2) is 0 Å². The standard InChI is InChI=1S/2CH4.5CH3.3Al.2O/h2*1H4;5*1H3;;;;;. The van der Waals surface area contributed by atoms with Gasteiger partial charge in [0.2, 0.25) is 0 Å². The van der Waals surface area contributed by atoms with Gasteiger partial charge in [-0.05, 0) is 0 Å². The maximum Gasteiger partial charge on any atom is 0.609 e. The molecule has 0 aromatic heterocycles. The van der Waals surface area contributed by atoms with Crippen LogP contribution in [0.4, 0.5) is 0 Å². The van der Waals surface area contributed by atoms with Crippen LogP contribution in [0.25, 0.3) is 0 Å². The number of hydrogen-bond acceptors (Lipinski definition) is 2. The van der Waals surface area contributed by atoms with Crippen molar-refractivity contribution < 1.29 is 5.68 Å². The van der Waals surface area contributed by atoms with Crippen LogP contribution in [0.5, 0.6) is 0 Å². The van der Waals surface area contributed by atoms with Crippen LogP contribution in [0.3, 0.4) is 0 Å². The van der Waals surface area contributed by atoms with Crippen molar-refractivity contribution in [3.05, 3.63) is 0 Å². The van der Waals surface area contributed by atoms with E-state index in [2.05, 4.69) is 28.9 Å². The van der Waals surface area contributed by atoms with Crippen LogP contribution in [-0.4, -0.2) is 43.8 Å². The van der Waals surface area contributed by atoms with Crippen molar-refractivity contribution in [2.24, 2.45) is 0 Å². The van der Waals surface area contributed by atoms with Crippen LogP contribution < -0.4 is 0 Å². The maximum absolute atomic E-state index is 5.65. The third-order valence-corrected chi connectivity index (χ3v) is 8.35. The molecule has 0 aliphatic heterocycles. The summed E-state index contributed by atoms with van der Waals surface area (Å²) in [6.45, 7) is 0. The lowest BCUT2D eigenvalue weighted by Gasteiger charge is -2.13. The predicted molar refractivity (Wildman–Crippen MR) is 62.2 cm³/mol. The van der Waals surface area contributed by atoms with Crippen LogP contribution in [0.1, 0.15) is 14.9 Å². The molecule has 0 heterocycles. The van der Waals surface area contributed by atoms with Gasteiger partial charge in [-0.2, -0.15) is 0 Å². The highest BCUT2D eigenvalue weighted by Gasteiger charge is 2.21. The Kier molecular flexibility index (Phi) is 16.9. The van der Waals surface area contributed by atoms with E-state index in [1.54, 1.807) is 0 Å². The van der Waals surface area contributed by atoms with Crippen LogP contribution in [0.2, 0.25) is 28.9 Å². The first-order chi connectivity index (χ1) is 4.52. The lowest BCUT2D eigenvalue weighted by molar-refractivity contribution is 0.449. The van der Waals surface area contributed by atoms with Crippen molar-refractivity contribution >= 4 is 43.8 Å². The topological polar surface area (TPSA) is 18.5 Å². The third kappa shape index (κ3) is 14.1. The van der Waals surface area contributed by atoms with Gasteiger partial charge < -0.3 is 5.68 Å². The molecule has 0 radical (unpaired) electrons. The average molecular weight is 220 g/mol. The Morgan fingerprint density at radius 1 is 0.667 bits per heavy atom. The summed E-state index contributed by atoms with van der Waals surface area (Å²) in [5.74, 6) is 10.9. The lowest BCUT2D eigenvalue weighted by Crippen LogP contribution is -2.29. The van der Waals surface area contributed by atoms with Crippen molar-refractivity contribution in [3.63, 3.8) is 0 Å². The van der Waals surface area contributed by atoms with Crippen LogP contribution in [0, 0.1) is 0 Å². The second kappa shape index (κ2) is 10.6. The Hall–Kier alpha value is 1.52. The zero-order valence-electron chi connectivity index (χ0n) is 7.55. The van der Waals surface area contributed by atoms with Crippen molar-refractivity contribution in [2.75, 3.05) is 0 Å². The summed E-state index contributed by atoms with van der Waals surface area (Å²) in [6.07, 6.45) is 0. The summed E-state index contributed by atoms with van der Waals surface area (Å²) in [6, 6.07) is 0.